The Kier molecular flexibility index (Phi) is 6.69. The van der Waals surface area contributed by atoms with E-state index >= 15 is 0 Å². The summed E-state index contributed by atoms with van der Waals surface area (Å²) in [6.45, 7) is 3.66. The van der Waals surface area contributed by atoms with Crippen molar-refractivity contribution >= 4 is 34.9 Å². The van der Waals surface area contributed by atoms with E-state index in [1.165, 1.54) is 11.1 Å². The van der Waals surface area contributed by atoms with E-state index in [-0.39, 0.29) is 22.8 Å². The van der Waals surface area contributed by atoms with Gasteiger partial charge in [0, 0.05) is 17.8 Å². The highest BCUT2D eigenvalue weighted by Gasteiger charge is 2.40. The van der Waals surface area contributed by atoms with E-state index in [0.29, 0.717) is 27.8 Å². The van der Waals surface area contributed by atoms with Gasteiger partial charge in [0.15, 0.2) is 5.69 Å². The number of anilines is 1. The van der Waals surface area contributed by atoms with Crippen molar-refractivity contribution in [3.8, 4) is 0 Å². The Labute approximate surface area is 200 Å². The molecule has 1 amide bonds. The van der Waals surface area contributed by atoms with Gasteiger partial charge in [0.25, 0.3) is 5.91 Å². The predicted octanol–water partition coefficient (Wildman–Crippen LogP) is 6.58. The smallest absolute Gasteiger partial charge is 0.349 e. The van der Waals surface area contributed by atoms with Gasteiger partial charge in [-0.2, -0.15) is 18.3 Å². The van der Waals surface area contributed by atoms with Crippen molar-refractivity contribution in [2.24, 2.45) is 5.92 Å². The summed E-state index contributed by atoms with van der Waals surface area (Å²) >= 11 is 12.3. The highest BCUT2D eigenvalue weighted by molar-refractivity contribution is 6.42. The molecule has 1 aromatic heterocycles. The number of carbonyl (C=O) groups excluding carboxylic acids is 1. The lowest BCUT2D eigenvalue weighted by Crippen LogP contribution is -2.42. The quantitative estimate of drug-likeness (QED) is 0.498. The first-order valence-corrected chi connectivity index (χ1v) is 11.7. The summed E-state index contributed by atoms with van der Waals surface area (Å²) in [4.78, 5) is 13.5. The number of alkyl halides is 3. The van der Waals surface area contributed by atoms with Crippen LogP contribution < -0.4 is 10.6 Å². The molecule has 1 saturated carbocycles. The topological polar surface area (TPSA) is 59.0 Å². The summed E-state index contributed by atoms with van der Waals surface area (Å²) < 4.78 is 41.4. The summed E-state index contributed by atoms with van der Waals surface area (Å²) in [5.41, 5.74) is 0.222. The first-order chi connectivity index (χ1) is 15.6. The number of hydrogen-bond donors (Lipinski definition) is 2. The van der Waals surface area contributed by atoms with Crippen molar-refractivity contribution in [3.63, 3.8) is 0 Å². The second-order valence-corrected chi connectivity index (χ2v) is 9.57. The SMILES string of the molecule is CC1=C(C(=O)N[C@@H](C)C2CCCCC2)C(c2ccc(Cl)c(Cl)c2)n2nc(C(F)(F)F)cc2N1. The number of aromatic nitrogens is 2. The van der Waals surface area contributed by atoms with E-state index < -0.39 is 17.9 Å². The molecular formula is C23H25Cl2F3N4O. The second-order valence-electron chi connectivity index (χ2n) is 8.76. The number of fused-ring (bicyclic) bond motifs is 1. The van der Waals surface area contributed by atoms with Crippen molar-refractivity contribution < 1.29 is 18.0 Å². The van der Waals surface area contributed by atoms with Crippen LogP contribution in [0.2, 0.25) is 10.0 Å². The third-order valence-corrected chi connectivity index (χ3v) is 7.22. The molecule has 5 nitrogen and oxygen atoms in total. The fourth-order valence-corrected chi connectivity index (χ4v) is 5.04. The Hall–Kier alpha value is -2.19. The molecule has 10 heteroatoms. The molecule has 0 bridgehead atoms. The molecule has 1 fully saturated rings. The minimum absolute atomic E-state index is 0.0580. The van der Waals surface area contributed by atoms with E-state index in [4.69, 9.17) is 23.2 Å². The maximum atomic E-state index is 13.5. The third-order valence-electron chi connectivity index (χ3n) is 6.48. The van der Waals surface area contributed by atoms with E-state index in [1.54, 1.807) is 25.1 Å². The number of hydrogen-bond acceptors (Lipinski definition) is 3. The first kappa shape index (κ1) is 24.0. The molecule has 178 valence electrons. The number of nitrogens with zero attached hydrogens (tertiary/aromatic N) is 2. The van der Waals surface area contributed by atoms with Crippen LogP contribution in [0.4, 0.5) is 19.0 Å². The molecule has 4 rings (SSSR count). The lowest BCUT2D eigenvalue weighted by Gasteiger charge is -2.32. The van der Waals surface area contributed by atoms with Crippen LogP contribution in [0.15, 0.2) is 35.5 Å². The molecule has 2 aromatic rings. The Balaban J connectivity index is 1.74. The molecule has 1 aliphatic heterocycles. The maximum absolute atomic E-state index is 13.5. The number of nitrogens with one attached hydrogen (secondary N) is 2. The van der Waals surface area contributed by atoms with Crippen molar-refractivity contribution in [1.29, 1.82) is 0 Å². The van der Waals surface area contributed by atoms with Gasteiger partial charge in [-0.05, 0) is 50.3 Å². The average molecular weight is 501 g/mol. The fraction of sp³-hybridized carbons (Fsp3) is 0.478. The van der Waals surface area contributed by atoms with E-state index in [0.717, 1.165) is 31.7 Å². The number of amides is 1. The van der Waals surface area contributed by atoms with E-state index in [1.807, 2.05) is 6.92 Å². The maximum Gasteiger partial charge on any atom is 0.435 e. The van der Waals surface area contributed by atoms with Crippen LogP contribution in [0.5, 0.6) is 0 Å². The standard InChI is InChI=1S/C23H25Cl2F3N4O/c1-12(14-6-4-3-5-7-14)30-22(33)20-13(2)29-19-11-18(23(26,27)28)31-32(19)21(20)15-8-9-16(24)17(25)10-15/h8-12,14,21,29H,3-7H2,1-2H3,(H,30,33)/t12-,21?/m0/s1. The summed E-state index contributed by atoms with van der Waals surface area (Å²) in [7, 11) is 0. The summed E-state index contributed by atoms with van der Waals surface area (Å²) in [6.07, 6.45) is 0.945. The number of allylic oxidation sites excluding steroid dienone is 1. The van der Waals surface area contributed by atoms with Gasteiger partial charge < -0.3 is 10.6 Å². The summed E-state index contributed by atoms with van der Waals surface area (Å²) in [5.74, 6) is 0.178. The highest BCUT2D eigenvalue weighted by atomic mass is 35.5. The zero-order chi connectivity index (χ0) is 23.9. The minimum Gasteiger partial charge on any atom is -0.349 e. The Morgan fingerprint density at radius 1 is 1.18 bits per heavy atom. The van der Waals surface area contributed by atoms with Crippen molar-refractivity contribution in [2.45, 2.75) is 64.2 Å². The fourth-order valence-electron chi connectivity index (χ4n) is 4.73. The van der Waals surface area contributed by atoms with Crippen LogP contribution in [-0.2, 0) is 11.0 Å². The Morgan fingerprint density at radius 3 is 2.52 bits per heavy atom. The normalized spacial score (nSPS) is 20.3. The van der Waals surface area contributed by atoms with Crippen LogP contribution in [-0.4, -0.2) is 21.7 Å². The molecule has 2 heterocycles. The number of carbonyl (C=O) groups is 1. The van der Waals surface area contributed by atoms with Crippen LogP contribution in [0.25, 0.3) is 0 Å². The summed E-state index contributed by atoms with van der Waals surface area (Å²) in [6, 6.07) is 4.75. The van der Waals surface area contributed by atoms with Gasteiger partial charge in [-0.3, -0.25) is 4.79 Å². The molecule has 1 unspecified atom stereocenters. The van der Waals surface area contributed by atoms with Gasteiger partial charge in [-0.15, -0.1) is 0 Å². The first-order valence-electron chi connectivity index (χ1n) is 11.0. The third kappa shape index (κ3) is 4.87. The monoisotopic (exact) mass is 500 g/mol. The lowest BCUT2D eigenvalue weighted by molar-refractivity contribution is -0.141. The highest BCUT2D eigenvalue weighted by Crippen LogP contribution is 2.40. The van der Waals surface area contributed by atoms with E-state index in [9.17, 15) is 18.0 Å². The molecule has 2 atom stereocenters. The van der Waals surface area contributed by atoms with Crippen LogP contribution in [0, 0.1) is 5.92 Å². The molecule has 2 aliphatic rings. The molecule has 2 N–H and O–H groups in total. The molecule has 33 heavy (non-hydrogen) atoms. The van der Waals surface area contributed by atoms with Crippen molar-refractivity contribution in [3.05, 3.63) is 56.8 Å². The zero-order valence-electron chi connectivity index (χ0n) is 18.3. The Bertz CT molecular complexity index is 1090. The van der Waals surface area contributed by atoms with Gasteiger partial charge in [-0.25, -0.2) is 4.68 Å². The number of rotatable bonds is 4. The van der Waals surface area contributed by atoms with Crippen molar-refractivity contribution in [1.82, 2.24) is 15.1 Å². The van der Waals surface area contributed by atoms with Crippen LogP contribution in [0.1, 0.15) is 63.3 Å². The number of halogens is 5. The molecule has 1 aromatic carbocycles. The molecule has 0 spiro atoms. The van der Waals surface area contributed by atoms with Crippen molar-refractivity contribution in [2.75, 3.05) is 5.32 Å². The second kappa shape index (κ2) is 9.22. The molecule has 0 radical (unpaired) electrons. The average Bonchev–Trinajstić information content (AvgIpc) is 3.19. The van der Waals surface area contributed by atoms with Gasteiger partial charge in [0.05, 0.1) is 15.6 Å². The molecule has 0 saturated heterocycles. The zero-order valence-corrected chi connectivity index (χ0v) is 19.8. The largest absolute Gasteiger partial charge is 0.435 e. The molecular weight excluding hydrogens is 476 g/mol. The van der Waals surface area contributed by atoms with Gasteiger partial charge in [0.2, 0.25) is 0 Å². The molecule has 1 aliphatic carbocycles. The number of benzene rings is 1. The predicted molar refractivity (Wildman–Crippen MR) is 122 cm³/mol. The van der Waals surface area contributed by atoms with Gasteiger partial charge in [0.1, 0.15) is 11.9 Å². The van der Waals surface area contributed by atoms with Gasteiger partial charge in [-0.1, -0.05) is 48.5 Å². The Morgan fingerprint density at radius 2 is 1.88 bits per heavy atom. The lowest BCUT2D eigenvalue weighted by atomic mass is 9.84. The summed E-state index contributed by atoms with van der Waals surface area (Å²) in [5, 5.41) is 10.4. The van der Waals surface area contributed by atoms with Gasteiger partial charge >= 0.3 is 6.18 Å². The van der Waals surface area contributed by atoms with E-state index in [2.05, 4.69) is 15.7 Å². The van der Waals surface area contributed by atoms with Crippen LogP contribution in [0.3, 0.4) is 0 Å². The van der Waals surface area contributed by atoms with Crippen LogP contribution >= 0.6 is 23.2 Å². The minimum atomic E-state index is -4.62.